The van der Waals surface area contributed by atoms with Crippen molar-refractivity contribution in [3.8, 4) is 11.1 Å². The third kappa shape index (κ3) is 3.51. The van der Waals surface area contributed by atoms with Crippen LogP contribution in [-0.4, -0.2) is 22.9 Å². The third-order valence-corrected chi connectivity index (χ3v) is 7.74. The number of fused-ring (bicyclic) bond motifs is 3. The van der Waals surface area contributed by atoms with Crippen molar-refractivity contribution in [2.24, 2.45) is 29.4 Å². The molecule has 0 aliphatic heterocycles. The molecule has 4 N–H and O–H groups in total. The van der Waals surface area contributed by atoms with Gasteiger partial charge in [-0.1, -0.05) is 29.8 Å². The molecule has 0 unspecified atom stereocenters. The van der Waals surface area contributed by atoms with E-state index in [4.69, 9.17) is 5.73 Å². The predicted molar refractivity (Wildman–Crippen MR) is 116 cm³/mol. The minimum absolute atomic E-state index is 0.0482. The molecule has 7 heteroatoms. The van der Waals surface area contributed by atoms with E-state index in [2.05, 4.69) is 5.32 Å². The predicted octanol–water partition coefficient (Wildman–Crippen LogP) is 4.21. The van der Waals surface area contributed by atoms with Crippen LogP contribution in [0.25, 0.3) is 11.1 Å². The van der Waals surface area contributed by atoms with Crippen LogP contribution in [0.5, 0.6) is 0 Å². The van der Waals surface area contributed by atoms with Crippen molar-refractivity contribution < 1.29 is 19.5 Å². The normalized spacial score (nSPS) is 25.1. The number of hydrogen-bond acceptors (Lipinski definition) is 4. The van der Waals surface area contributed by atoms with Gasteiger partial charge in [-0.25, -0.2) is 0 Å². The van der Waals surface area contributed by atoms with Crippen molar-refractivity contribution in [1.82, 2.24) is 0 Å². The second kappa shape index (κ2) is 7.87. The van der Waals surface area contributed by atoms with Crippen LogP contribution in [0.15, 0.2) is 24.3 Å². The number of aryl methyl sites for hydroxylation is 2. The van der Waals surface area contributed by atoms with Gasteiger partial charge in [0.1, 0.15) is 5.00 Å². The van der Waals surface area contributed by atoms with Gasteiger partial charge < -0.3 is 16.2 Å². The van der Waals surface area contributed by atoms with Crippen LogP contribution >= 0.6 is 11.3 Å². The Hall–Kier alpha value is -2.67. The number of anilines is 1. The molecule has 3 aliphatic rings. The van der Waals surface area contributed by atoms with Crippen molar-refractivity contribution in [2.45, 2.75) is 39.5 Å². The molecule has 5 rings (SSSR count). The summed E-state index contributed by atoms with van der Waals surface area (Å²) >= 11 is 1.31. The lowest BCUT2D eigenvalue weighted by Gasteiger charge is -2.45. The zero-order valence-corrected chi connectivity index (χ0v) is 17.9. The van der Waals surface area contributed by atoms with Gasteiger partial charge in [0.15, 0.2) is 0 Å². The van der Waals surface area contributed by atoms with Crippen LogP contribution in [0.2, 0.25) is 0 Å². The lowest BCUT2D eigenvalue weighted by atomic mass is 9.58. The maximum absolute atomic E-state index is 13.2. The van der Waals surface area contributed by atoms with E-state index >= 15 is 0 Å². The van der Waals surface area contributed by atoms with Gasteiger partial charge in [-0.2, -0.15) is 0 Å². The van der Waals surface area contributed by atoms with E-state index in [0.29, 0.717) is 10.6 Å². The fourth-order valence-electron chi connectivity index (χ4n) is 5.31. The number of carbonyl (C=O) groups is 3. The third-order valence-electron chi connectivity index (χ3n) is 6.71. The number of carboxylic acid groups (broad SMARTS) is 1. The molecule has 1 aromatic carbocycles. The highest BCUT2D eigenvalue weighted by Crippen LogP contribution is 2.50. The summed E-state index contributed by atoms with van der Waals surface area (Å²) in [4.78, 5) is 38.4. The van der Waals surface area contributed by atoms with Crippen LogP contribution in [0.3, 0.4) is 0 Å². The Kier molecular flexibility index (Phi) is 5.40. The summed E-state index contributed by atoms with van der Waals surface area (Å²) < 4.78 is 0. The van der Waals surface area contributed by atoms with Gasteiger partial charge in [-0.3, -0.25) is 14.4 Å². The minimum Gasteiger partial charge on any atom is -0.481 e. The van der Waals surface area contributed by atoms with Crippen molar-refractivity contribution in [3.05, 3.63) is 40.3 Å². The Morgan fingerprint density at radius 2 is 1.57 bits per heavy atom. The first-order chi connectivity index (χ1) is 14.3. The summed E-state index contributed by atoms with van der Waals surface area (Å²) in [6.45, 7) is 3.88. The monoisotopic (exact) mass is 426 g/mol. The molecule has 0 saturated heterocycles. The van der Waals surface area contributed by atoms with E-state index in [9.17, 15) is 19.5 Å². The van der Waals surface area contributed by atoms with E-state index in [1.807, 2.05) is 38.1 Å². The first-order valence-corrected chi connectivity index (χ1v) is 11.1. The van der Waals surface area contributed by atoms with Crippen LogP contribution in [0.4, 0.5) is 5.00 Å². The maximum Gasteiger partial charge on any atom is 0.307 e. The number of primary amides is 1. The second-order valence-corrected chi connectivity index (χ2v) is 9.75. The Morgan fingerprint density at radius 3 is 2.10 bits per heavy atom. The highest BCUT2D eigenvalue weighted by molar-refractivity contribution is 7.17. The molecule has 2 aromatic rings. The van der Waals surface area contributed by atoms with Gasteiger partial charge in [0.05, 0.1) is 17.4 Å². The lowest BCUT2D eigenvalue weighted by molar-refractivity contribution is -0.156. The Balaban J connectivity index is 1.68. The van der Waals surface area contributed by atoms with Crippen molar-refractivity contribution in [1.29, 1.82) is 0 Å². The molecule has 158 valence electrons. The zero-order valence-electron chi connectivity index (χ0n) is 17.1. The number of carboxylic acids is 1. The standard InChI is InChI=1S/C23H26N2O4S/c1-11-3-5-13(6-4-11)16-12(2)30-22(19(16)20(24)26)25-21(27)17-14-7-9-15(10-8-14)18(17)23(28)29/h3-6,14-15,17-18H,7-10H2,1-2H3,(H2,24,26)(H,25,27)(H,28,29)/t14?,15?,17-,18-/m0/s1. The number of nitrogens with one attached hydrogen (secondary N) is 1. The van der Waals surface area contributed by atoms with Crippen molar-refractivity contribution in [3.63, 3.8) is 0 Å². The molecule has 3 fully saturated rings. The number of nitrogens with two attached hydrogens (primary N) is 1. The second-order valence-electron chi connectivity index (χ2n) is 8.52. The zero-order chi connectivity index (χ0) is 21.6. The summed E-state index contributed by atoms with van der Waals surface area (Å²) in [7, 11) is 0. The van der Waals surface area contributed by atoms with Crippen LogP contribution in [0.1, 0.15) is 46.5 Å². The van der Waals surface area contributed by atoms with Gasteiger partial charge in [0.25, 0.3) is 5.91 Å². The summed E-state index contributed by atoms with van der Waals surface area (Å²) in [5.41, 5.74) is 8.70. The molecular formula is C23H26N2O4S. The summed E-state index contributed by atoms with van der Waals surface area (Å²) in [5, 5.41) is 13.1. The van der Waals surface area contributed by atoms with Crippen molar-refractivity contribution >= 4 is 34.1 Å². The van der Waals surface area contributed by atoms with Gasteiger partial charge in [0, 0.05) is 10.4 Å². The van der Waals surface area contributed by atoms with E-state index in [1.165, 1.54) is 11.3 Å². The molecule has 0 spiro atoms. The molecule has 3 aliphatic carbocycles. The first-order valence-electron chi connectivity index (χ1n) is 10.3. The molecule has 1 heterocycles. The number of benzene rings is 1. The Labute approximate surface area is 179 Å². The minimum atomic E-state index is -0.901. The number of thiophene rings is 1. The molecule has 6 nitrogen and oxygen atoms in total. The molecule has 1 aromatic heterocycles. The Morgan fingerprint density at radius 1 is 1.00 bits per heavy atom. The number of carbonyl (C=O) groups excluding carboxylic acids is 2. The van der Waals surface area contributed by atoms with Crippen LogP contribution in [-0.2, 0) is 9.59 Å². The van der Waals surface area contributed by atoms with Gasteiger partial charge in [0.2, 0.25) is 5.91 Å². The van der Waals surface area contributed by atoms with Gasteiger partial charge >= 0.3 is 5.97 Å². The smallest absolute Gasteiger partial charge is 0.307 e. The average molecular weight is 427 g/mol. The van der Waals surface area contributed by atoms with Crippen molar-refractivity contribution in [2.75, 3.05) is 5.32 Å². The topological polar surface area (TPSA) is 109 Å². The average Bonchev–Trinajstić information content (AvgIpc) is 3.04. The quantitative estimate of drug-likeness (QED) is 0.665. The Bertz CT molecular complexity index is 1000. The van der Waals surface area contributed by atoms with E-state index in [0.717, 1.165) is 47.3 Å². The van der Waals surface area contributed by atoms with E-state index in [-0.39, 0.29) is 17.7 Å². The maximum atomic E-state index is 13.2. The molecule has 3 saturated carbocycles. The molecule has 2 atom stereocenters. The van der Waals surface area contributed by atoms with Gasteiger partial charge in [-0.15, -0.1) is 11.3 Å². The molecule has 2 amide bonds. The molecular weight excluding hydrogens is 400 g/mol. The van der Waals surface area contributed by atoms with Crippen LogP contribution in [0, 0.1) is 37.5 Å². The molecule has 0 radical (unpaired) electrons. The largest absolute Gasteiger partial charge is 0.481 e. The first kappa shape index (κ1) is 20.6. The number of rotatable bonds is 5. The number of aliphatic carboxylic acids is 1. The number of amides is 2. The summed E-state index contributed by atoms with van der Waals surface area (Å²) in [5.74, 6) is -2.92. The summed E-state index contributed by atoms with van der Waals surface area (Å²) in [6, 6.07) is 7.79. The van der Waals surface area contributed by atoms with Crippen LogP contribution < -0.4 is 11.1 Å². The van der Waals surface area contributed by atoms with E-state index < -0.39 is 23.7 Å². The van der Waals surface area contributed by atoms with E-state index in [1.54, 1.807) is 0 Å². The fraction of sp³-hybridized carbons (Fsp3) is 0.435. The summed E-state index contributed by atoms with van der Waals surface area (Å²) in [6.07, 6.45) is 3.50. The SMILES string of the molecule is Cc1ccc(-c2c(C)sc(NC(=O)[C@H]3C4CCC(CC4)[C@@H]3C(=O)O)c2C(N)=O)cc1. The molecule has 2 bridgehead atoms. The lowest BCUT2D eigenvalue weighted by Crippen LogP contribution is -2.49. The molecule has 30 heavy (non-hydrogen) atoms. The highest BCUT2D eigenvalue weighted by Gasteiger charge is 2.50. The fourth-order valence-corrected chi connectivity index (χ4v) is 6.40. The van der Waals surface area contributed by atoms with Gasteiger partial charge in [-0.05, 0) is 56.9 Å². The number of hydrogen-bond donors (Lipinski definition) is 3. The highest BCUT2D eigenvalue weighted by atomic mass is 32.1.